The van der Waals surface area contributed by atoms with Crippen LogP contribution in [0.5, 0.6) is 11.5 Å². The number of hydrogen-bond acceptors (Lipinski definition) is 3. The van der Waals surface area contributed by atoms with Gasteiger partial charge in [-0.2, -0.15) is 0 Å². The van der Waals surface area contributed by atoms with Crippen molar-refractivity contribution in [3.8, 4) is 11.5 Å². The van der Waals surface area contributed by atoms with E-state index in [1.165, 1.54) is 0 Å². The fraction of sp³-hybridized carbons (Fsp3) is 0.538. The van der Waals surface area contributed by atoms with Crippen LogP contribution >= 0.6 is 0 Å². The average Bonchev–Trinajstić information content (AvgIpc) is 2.68. The first-order chi connectivity index (χ1) is 13.8. The van der Waals surface area contributed by atoms with Crippen LogP contribution in [0.25, 0.3) is 0 Å². The Bertz CT molecular complexity index is 651. The number of ether oxygens (including phenoxy) is 3. The summed E-state index contributed by atoms with van der Waals surface area (Å²) in [4.78, 5) is 0. The van der Waals surface area contributed by atoms with Gasteiger partial charge in [0, 0.05) is 0 Å². The topological polar surface area (TPSA) is 27.7 Å². The molecule has 0 amide bonds. The molecule has 0 aliphatic carbocycles. The van der Waals surface area contributed by atoms with Crippen LogP contribution in [0.1, 0.15) is 78.4 Å². The highest BCUT2D eigenvalue weighted by Crippen LogP contribution is 2.36. The molecule has 0 unspecified atom stereocenters. The highest BCUT2D eigenvalue weighted by molar-refractivity contribution is 5.32. The van der Waals surface area contributed by atoms with Crippen LogP contribution in [0.4, 0.5) is 0 Å². The Morgan fingerprint density at radius 2 is 0.931 bits per heavy atom. The average molecular weight is 399 g/mol. The van der Waals surface area contributed by atoms with E-state index in [1.54, 1.807) is 0 Å². The van der Waals surface area contributed by atoms with E-state index in [0.717, 1.165) is 61.5 Å². The molecule has 2 aromatic carbocycles. The zero-order chi connectivity index (χ0) is 21.3. The van der Waals surface area contributed by atoms with Gasteiger partial charge >= 0.3 is 0 Å². The minimum absolute atomic E-state index is 0.429. The molecule has 0 aliphatic rings. The van der Waals surface area contributed by atoms with Crippen molar-refractivity contribution in [1.82, 2.24) is 0 Å². The lowest BCUT2D eigenvalue weighted by atomic mass is 9.93. The van der Waals surface area contributed by atoms with Gasteiger partial charge in [0.05, 0.1) is 24.4 Å². The molecule has 0 saturated heterocycles. The fourth-order valence-electron chi connectivity index (χ4n) is 3.33. The second-order valence-corrected chi connectivity index (χ2v) is 8.58. The summed E-state index contributed by atoms with van der Waals surface area (Å²) in [5.74, 6) is 1.83. The van der Waals surface area contributed by atoms with E-state index >= 15 is 0 Å². The third-order valence-electron chi connectivity index (χ3n) is 5.14. The number of hydrogen-bond donors (Lipinski definition) is 0. The molecule has 0 aromatic heterocycles. The number of unbranched alkanes of at least 4 members (excludes halogenated alkanes) is 2. The van der Waals surface area contributed by atoms with Crippen molar-refractivity contribution in [1.29, 1.82) is 0 Å². The number of benzene rings is 2. The molecule has 0 saturated carbocycles. The van der Waals surface area contributed by atoms with Gasteiger partial charge in [-0.25, -0.2) is 0 Å². The molecule has 2 rings (SSSR count). The Hall–Kier alpha value is -2.00. The molecule has 160 valence electrons. The standard InChI is InChI=1S/C26H38O3/c1-7-9-19-27-23-15-11-21(12-16-23)25(3,4)29-26(5,6)22-13-17-24(18-14-22)28-20-10-8-2/h11-18H,7-10,19-20H2,1-6H3. The first-order valence-corrected chi connectivity index (χ1v) is 11.0. The van der Waals surface area contributed by atoms with Crippen LogP contribution in [-0.2, 0) is 15.9 Å². The number of rotatable bonds is 12. The maximum absolute atomic E-state index is 6.59. The molecular formula is C26H38O3. The van der Waals surface area contributed by atoms with Crippen molar-refractivity contribution in [2.45, 2.75) is 78.4 Å². The van der Waals surface area contributed by atoms with Crippen molar-refractivity contribution in [3.05, 3.63) is 59.7 Å². The van der Waals surface area contributed by atoms with E-state index in [2.05, 4.69) is 65.8 Å². The summed E-state index contributed by atoms with van der Waals surface area (Å²) < 4.78 is 18.1. The maximum atomic E-state index is 6.59. The van der Waals surface area contributed by atoms with Gasteiger partial charge in [-0.05, 0) is 75.9 Å². The molecular weight excluding hydrogens is 360 g/mol. The van der Waals surface area contributed by atoms with Gasteiger partial charge in [-0.15, -0.1) is 0 Å². The summed E-state index contributed by atoms with van der Waals surface area (Å²) in [6.07, 6.45) is 4.43. The Kier molecular flexibility index (Phi) is 8.58. The molecule has 0 heterocycles. The zero-order valence-electron chi connectivity index (χ0n) is 19.1. The van der Waals surface area contributed by atoms with Gasteiger partial charge in [0.1, 0.15) is 11.5 Å². The lowest BCUT2D eigenvalue weighted by Crippen LogP contribution is -2.33. The summed E-state index contributed by atoms with van der Waals surface area (Å²) in [7, 11) is 0. The quantitative estimate of drug-likeness (QED) is 0.353. The Labute approximate surface area is 177 Å². The van der Waals surface area contributed by atoms with Gasteiger partial charge in [-0.3, -0.25) is 0 Å². The Morgan fingerprint density at radius 1 is 0.586 bits per heavy atom. The molecule has 0 N–H and O–H groups in total. The van der Waals surface area contributed by atoms with Gasteiger partial charge in [0.25, 0.3) is 0 Å². The predicted molar refractivity (Wildman–Crippen MR) is 121 cm³/mol. The molecule has 3 nitrogen and oxygen atoms in total. The predicted octanol–water partition coefficient (Wildman–Crippen LogP) is 7.23. The molecule has 0 atom stereocenters. The Morgan fingerprint density at radius 3 is 1.24 bits per heavy atom. The zero-order valence-corrected chi connectivity index (χ0v) is 19.1. The van der Waals surface area contributed by atoms with Crippen LogP contribution in [0.15, 0.2) is 48.5 Å². The van der Waals surface area contributed by atoms with E-state index < -0.39 is 11.2 Å². The first kappa shape index (κ1) is 23.3. The minimum Gasteiger partial charge on any atom is -0.494 e. The van der Waals surface area contributed by atoms with Crippen LogP contribution in [0.3, 0.4) is 0 Å². The molecule has 2 aromatic rings. The van der Waals surface area contributed by atoms with Crippen molar-refractivity contribution >= 4 is 0 Å². The van der Waals surface area contributed by atoms with Crippen molar-refractivity contribution < 1.29 is 14.2 Å². The minimum atomic E-state index is -0.429. The fourth-order valence-corrected chi connectivity index (χ4v) is 3.33. The second-order valence-electron chi connectivity index (χ2n) is 8.58. The molecule has 0 spiro atoms. The Balaban J connectivity index is 2.03. The third kappa shape index (κ3) is 7.08. The highest BCUT2D eigenvalue weighted by atomic mass is 16.5. The van der Waals surface area contributed by atoms with Gasteiger partial charge in [0.2, 0.25) is 0 Å². The summed E-state index contributed by atoms with van der Waals surface area (Å²) in [5, 5.41) is 0. The van der Waals surface area contributed by atoms with Gasteiger partial charge < -0.3 is 14.2 Å². The molecule has 29 heavy (non-hydrogen) atoms. The van der Waals surface area contributed by atoms with Crippen LogP contribution in [-0.4, -0.2) is 13.2 Å². The van der Waals surface area contributed by atoms with E-state index in [4.69, 9.17) is 14.2 Å². The van der Waals surface area contributed by atoms with Gasteiger partial charge in [-0.1, -0.05) is 51.0 Å². The van der Waals surface area contributed by atoms with Crippen LogP contribution in [0, 0.1) is 0 Å². The van der Waals surface area contributed by atoms with Crippen molar-refractivity contribution in [2.24, 2.45) is 0 Å². The largest absolute Gasteiger partial charge is 0.494 e. The summed E-state index contributed by atoms with van der Waals surface area (Å²) in [6.45, 7) is 14.3. The van der Waals surface area contributed by atoms with E-state index in [9.17, 15) is 0 Å². The lowest BCUT2D eigenvalue weighted by Gasteiger charge is -2.37. The summed E-state index contributed by atoms with van der Waals surface area (Å²) in [5.41, 5.74) is 1.41. The monoisotopic (exact) mass is 398 g/mol. The van der Waals surface area contributed by atoms with Crippen molar-refractivity contribution in [3.63, 3.8) is 0 Å². The summed E-state index contributed by atoms with van der Waals surface area (Å²) >= 11 is 0. The molecule has 0 fully saturated rings. The van der Waals surface area contributed by atoms with Crippen LogP contribution in [0.2, 0.25) is 0 Å². The second kappa shape index (κ2) is 10.7. The van der Waals surface area contributed by atoms with E-state index in [-0.39, 0.29) is 0 Å². The highest BCUT2D eigenvalue weighted by Gasteiger charge is 2.32. The smallest absolute Gasteiger partial charge is 0.119 e. The third-order valence-corrected chi connectivity index (χ3v) is 5.14. The van der Waals surface area contributed by atoms with E-state index in [1.807, 2.05) is 24.3 Å². The SMILES string of the molecule is CCCCOc1ccc(C(C)(C)OC(C)(C)c2ccc(OCCCC)cc2)cc1. The molecule has 0 radical (unpaired) electrons. The summed E-state index contributed by atoms with van der Waals surface area (Å²) in [6, 6.07) is 16.5. The van der Waals surface area contributed by atoms with E-state index in [0.29, 0.717) is 0 Å². The lowest BCUT2D eigenvalue weighted by molar-refractivity contribution is -0.132. The van der Waals surface area contributed by atoms with Crippen LogP contribution < -0.4 is 9.47 Å². The maximum Gasteiger partial charge on any atom is 0.119 e. The van der Waals surface area contributed by atoms with Gasteiger partial charge in [0.15, 0.2) is 0 Å². The van der Waals surface area contributed by atoms with Crippen molar-refractivity contribution in [2.75, 3.05) is 13.2 Å². The first-order valence-electron chi connectivity index (χ1n) is 11.0. The molecule has 0 bridgehead atoms. The normalized spacial score (nSPS) is 12.1. The molecule has 0 aliphatic heterocycles. The molecule has 3 heteroatoms.